The van der Waals surface area contributed by atoms with Crippen molar-refractivity contribution in [3.63, 3.8) is 0 Å². The summed E-state index contributed by atoms with van der Waals surface area (Å²) in [5.74, 6) is -0.982. The summed E-state index contributed by atoms with van der Waals surface area (Å²) in [6.45, 7) is 1.53. The molecular weight excluding hydrogens is 306 g/mol. The lowest BCUT2D eigenvalue weighted by Gasteiger charge is -2.14. The van der Waals surface area contributed by atoms with Crippen LogP contribution in [-0.4, -0.2) is 27.9 Å². The number of ether oxygens (including phenoxy) is 1. The lowest BCUT2D eigenvalue weighted by molar-refractivity contribution is -0.124. The van der Waals surface area contributed by atoms with Crippen LogP contribution in [0, 0.1) is 0 Å². The van der Waals surface area contributed by atoms with E-state index in [0.717, 1.165) is 5.56 Å². The Kier molecular flexibility index (Phi) is 4.56. The van der Waals surface area contributed by atoms with Crippen molar-refractivity contribution in [2.24, 2.45) is 0 Å². The smallest absolute Gasteiger partial charge is 0.359 e. The maximum Gasteiger partial charge on any atom is 0.359 e. The molecule has 6 heteroatoms. The molecule has 0 aliphatic carbocycles. The Hall–Kier alpha value is -3.15. The number of fused-ring (bicyclic) bond motifs is 1. The highest BCUT2D eigenvalue weighted by atomic mass is 16.5. The van der Waals surface area contributed by atoms with E-state index in [1.165, 1.54) is 0 Å². The number of imidazole rings is 1. The summed E-state index contributed by atoms with van der Waals surface area (Å²) in [4.78, 5) is 28.1. The van der Waals surface area contributed by atoms with Crippen molar-refractivity contribution in [3.8, 4) is 0 Å². The van der Waals surface area contributed by atoms with Crippen molar-refractivity contribution >= 4 is 17.5 Å². The van der Waals surface area contributed by atoms with Gasteiger partial charge < -0.3 is 14.5 Å². The Morgan fingerprint density at radius 1 is 1.17 bits per heavy atom. The molecule has 122 valence electrons. The Balaban J connectivity index is 1.55. The second kappa shape index (κ2) is 6.95. The number of hydrogen-bond acceptors (Lipinski definition) is 4. The van der Waals surface area contributed by atoms with Gasteiger partial charge >= 0.3 is 5.97 Å². The van der Waals surface area contributed by atoms with Gasteiger partial charge in [-0.2, -0.15) is 0 Å². The lowest BCUT2D eigenvalue weighted by atomic mass is 10.1. The van der Waals surface area contributed by atoms with Crippen LogP contribution in [0.3, 0.4) is 0 Å². The summed E-state index contributed by atoms with van der Waals surface area (Å²) in [6, 6.07) is 14.9. The van der Waals surface area contributed by atoms with E-state index in [1.807, 2.05) is 49.4 Å². The van der Waals surface area contributed by atoms with E-state index in [9.17, 15) is 9.59 Å². The third-order valence-electron chi connectivity index (χ3n) is 3.58. The quantitative estimate of drug-likeness (QED) is 0.732. The highest BCUT2D eigenvalue weighted by molar-refractivity contribution is 5.90. The molecule has 0 unspecified atom stereocenters. The van der Waals surface area contributed by atoms with Crippen molar-refractivity contribution < 1.29 is 14.3 Å². The molecule has 0 saturated heterocycles. The molecule has 1 N–H and O–H groups in total. The second-order valence-electron chi connectivity index (χ2n) is 5.37. The SMILES string of the molecule is C[C@H](NC(=O)COC(=O)c1cn2ccccc2n1)c1ccccc1. The summed E-state index contributed by atoms with van der Waals surface area (Å²) in [5, 5.41) is 2.79. The number of benzene rings is 1. The molecule has 3 aromatic rings. The van der Waals surface area contributed by atoms with Crippen LogP contribution >= 0.6 is 0 Å². The number of rotatable bonds is 5. The van der Waals surface area contributed by atoms with Gasteiger partial charge in [-0.3, -0.25) is 4.79 Å². The van der Waals surface area contributed by atoms with Crippen LogP contribution in [0.4, 0.5) is 0 Å². The normalized spacial score (nSPS) is 11.9. The molecule has 1 aromatic carbocycles. The highest BCUT2D eigenvalue weighted by Gasteiger charge is 2.15. The molecule has 0 bridgehead atoms. The van der Waals surface area contributed by atoms with E-state index in [2.05, 4.69) is 10.3 Å². The molecule has 0 aliphatic rings. The molecule has 0 aliphatic heterocycles. The Morgan fingerprint density at radius 2 is 1.92 bits per heavy atom. The van der Waals surface area contributed by atoms with Crippen LogP contribution in [-0.2, 0) is 9.53 Å². The molecule has 0 fully saturated rings. The summed E-state index contributed by atoms with van der Waals surface area (Å²) in [5.41, 5.74) is 1.80. The van der Waals surface area contributed by atoms with E-state index in [4.69, 9.17) is 4.74 Å². The van der Waals surface area contributed by atoms with Crippen LogP contribution < -0.4 is 5.32 Å². The van der Waals surface area contributed by atoms with Crippen LogP contribution in [0.2, 0.25) is 0 Å². The number of hydrogen-bond donors (Lipinski definition) is 1. The van der Waals surface area contributed by atoms with Gasteiger partial charge in [-0.15, -0.1) is 0 Å². The van der Waals surface area contributed by atoms with Gasteiger partial charge in [0.25, 0.3) is 5.91 Å². The average molecular weight is 323 g/mol. The van der Waals surface area contributed by atoms with Gasteiger partial charge in [0.15, 0.2) is 12.3 Å². The molecule has 6 nitrogen and oxygen atoms in total. The van der Waals surface area contributed by atoms with E-state index >= 15 is 0 Å². The van der Waals surface area contributed by atoms with E-state index in [0.29, 0.717) is 5.65 Å². The molecule has 1 amide bonds. The average Bonchev–Trinajstić information content (AvgIpc) is 3.04. The van der Waals surface area contributed by atoms with Crippen LogP contribution in [0.25, 0.3) is 5.65 Å². The third-order valence-corrected chi connectivity index (χ3v) is 3.58. The van der Waals surface area contributed by atoms with E-state index in [1.54, 1.807) is 22.9 Å². The van der Waals surface area contributed by atoms with Gasteiger partial charge in [-0.1, -0.05) is 36.4 Å². The zero-order chi connectivity index (χ0) is 16.9. The van der Waals surface area contributed by atoms with Crippen molar-refractivity contribution in [1.82, 2.24) is 14.7 Å². The number of nitrogens with zero attached hydrogens (tertiary/aromatic N) is 2. The monoisotopic (exact) mass is 323 g/mol. The minimum absolute atomic E-state index is 0.160. The van der Waals surface area contributed by atoms with E-state index in [-0.39, 0.29) is 24.2 Å². The van der Waals surface area contributed by atoms with Crippen molar-refractivity contribution in [3.05, 3.63) is 72.2 Å². The highest BCUT2D eigenvalue weighted by Crippen LogP contribution is 2.11. The van der Waals surface area contributed by atoms with E-state index < -0.39 is 5.97 Å². The van der Waals surface area contributed by atoms with Gasteiger partial charge in [-0.25, -0.2) is 9.78 Å². The predicted molar refractivity (Wildman–Crippen MR) is 88.5 cm³/mol. The fourth-order valence-electron chi connectivity index (χ4n) is 2.35. The minimum Gasteiger partial charge on any atom is -0.451 e. The number of esters is 1. The third kappa shape index (κ3) is 3.60. The van der Waals surface area contributed by atoms with Crippen molar-refractivity contribution in [2.75, 3.05) is 6.61 Å². The molecule has 2 heterocycles. The number of carbonyl (C=O) groups excluding carboxylic acids is 2. The molecular formula is C18H17N3O3. The maximum atomic E-state index is 12.0. The topological polar surface area (TPSA) is 72.7 Å². The summed E-state index contributed by atoms with van der Waals surface area (Å²) >= 11 is 0. The van der Waals surface area contributed by atoms with Gasteiger partial charge in [0.2, 0.25) is 0 Å². The number of pyridine rings is 1. The lowest BCUT2D eigenvalue weighted by Crippen LogP contribution is -2.31. The number of aromatic nitrogens is 2. The molecule has 24 heavy (non-hydrogen) atoms. The van der Waals surface area contributed by atoms with Crippen LogP contribution in [0.15, 0.2) is 60.9 Å². The Morgan fingerprint density at radius 3 is 2.67 bits per heavy atom. The first-order chi connectivity index (χ1) is 11.6. The standard InChI is InChI=1S/C18H17N3O3/c1-13(14-7-3-2-4-8-14)19-17(22)12-24-18(23)15-11-21-10-6-5-9-16(21)20-15/h2-11,13H,12H2,1H3,(H,19,22)/t13-/m0/s1. The van der Waals surface area contributed by atoms with Gasteiger partial charge in [0.1, 0.15) is 5.65 Å². The first-order valence-corrected chi connectivity index (χ1v) is 7.58. The molecule has 2 aromatic heterocycles. The second-order valence-corrected chi connectivity index (χ2v) is 5.37. The molecule has 0 spiro atoms. The maximum absolute atomic E-state index is 12.0. The first-order valence-electron chi connectivity index (χ1n) is 7.58. The molecule has 0 saturated carbocycles. The van der Waals surface area contributed by atoms with Gasteiger partial charge in [0.05, 0.1) is 6.04 Å². The fourth-order valence-corrected chi connectivity index (χ4v) is 2.35. The molecule has 0 radical (unpaired) electrons. The summed E-state index contributed by atoms with van der Waals surface area (Å²) in [6.07, 6.45) is 3.36. The fraction of sp³-hybridized carbons (Fsp3) is 0.167. The number of nitrogens with one attached hydrogen (secondary N) is 1. The van der Waals surface area contributed by atoms with Crippen molar-refractivity contribution in [2.45, 2.75) is 13.0 Å². The summed E-state index contributed by atoms with van der Waals surface area (Å²) < 4.78 is 6.75. The zero-order valence-electron chi connectivity index (χ0n) is 13.2. The largest absolute Gasteiger partial charge is 0.451 e. The first kappa shape index (κ1) is 15.7. The predicted octanol–water partition coefficient (Wildman–Crippen LogP) is 2.37. The molecule has 3 rings (SSSR count). The minimum atomic E-state index is -0.624. The Bertz CT molecular complexity index is 825. The summed E-state index contributed by atoms with van der Waals surface area (Å²) in [7, 11) is 0. The number of carbonyl (C=O) groups is 2. The van der Waals surface area contributed by atoms with Crippen molar-refractivity contribution in [1.29, 1.82) is 0 Å². The Labute approximate surface area is 139 Å². The van der Waals surface area contributed by atoms with Gasteiger partial charge in [-0.05, 0) is 24.6 Å². The van der Waals surface area contributed by atoms with Crippen LogP contribution in [0.5, 0.6) is 0 Å². The zero-order valence-corrected chi connectivity index (χ0v) is 13.2. The molecule has 1 atom stereocenters. The van der Waals surface area contributed by atoms with Gasteiger partial charge in [0, 0.05) is 12.4 Å². The van der Waals surface area contributed by atoms with Crippen LogP contribution in [0.1, 0.15) is 29.0 Å². The number of amides is 1.